The number of piperazine rings is 1. The van der Waals surface area contributed by atoms with Gasteiger partial charge in [0.15, 0.2) is 0 Å². The van der Waals surface area contributed by atoms with Crippen LogP contribution in [0.3, 0.4) is 0 Å². The Kier molecular flexibility index (Phi) is 7.75. The highest BCUT2D eigenvalue weighted by molar-refractivity contribution is 5.97. The Bertz CT molecular complexity index is 1500. The number of amides is 1. The van der Waals surface area contributed by atoms with Gasteiger partial charge in [-0.15, -0.1) is 0 Å². The van der Waals surface area contributed by atoms with E-state index in [1.165, 1.54) is 46.2 Å². The molecule has 41 heavy (non-hydrogen) atoms. The molecule has 2 fully saturated rings. The Balaban J connectivity index is 1.29. The number of hydrogen-bond donors (Lipinski definition) is 0. The minimum absolute atomic E-state index is 0.123. The largest absolute Gasteiger partial charge is 0.462 e. The number of hydrogen-bond acceptors (Lipinski definition) is 8. The van der Waals surface area contributed by atoms with Crippen molar-refractivity contribution in [2.24, 2.45) is 0 Å². The van der Waals surface area contributed by atoms with Gasteiger partial charge in [0, 0.05) is 67.6 Å². The van der Waals surface area contributed by atoms with Crippen molar-refractivity contribution in [2.75, 3.05) is 62.7 Å². The maximum Gasteiger partial charge on any atom is 0.318 e. The molecule has 4 heterocycles. The third kappa shape index (κ3) is 5.57. The molecule has 1 amide bonds. The second-order valence-corrected chi connectivity index (χ2v) is 11.2. The molecule has 3 aliphatic heterocycles. The topological polar surface area (TPSA) is 88.8 Å². The van der Waals surface area contributed by atoms with E-state index in [0.717, 1.165) is 37.4 Å². The van der Waals surface area contributed by atoms with Gasteiger partial charge in [0.1, 0.15) is 12.4 Å². The number of likely N-dealkylation sites (N-methyl/N-ethyl adjacent to an activating group) is 1. The summed E-state index contributed by atoms with van der Waals surface area (Å²) >= 11 is 0. The number of nitrogens with zero attached hydrogens (tertiary/aromatic N) is 7. The Morgan fingerprint density at radius 3 is 2.63 bits per heavy atom. The van der Waals surface area contributed by atoms with Crippen molar-refractivity contribution in [3.8, 4) is 12.1 Å². The first-order valence-corrected chi connectivity index (χ1v) is 14.6. The van der Waals surface area contributed by atoms with Crippen LogP contribution in [0.25, 0.3) is 10.8 Å². The number of benzene rings is 2. The number of anilines is 2. The number of carbonyl (C=O) groups is 1. The van der Waals surface area contributed by atoms with E-state index < -0.39 is 0 Å². The number of aromatic nitrogens is 2. The third-order valence-electron chi connectivity index (χ3n) is 8.72. The SMILES string of the molecule is Cc1cccc2cccc(N3CCc4c(nc(OC[C@@H]5CCCN5C)nc4N4CCN(C(=O)/C=C/C#N)CC4)C3)c12. The third-order valence-corrected chi connectivity index (χ3v) is 8.72. The standard InChI is InChI=1S/C32H37N7O2/c1-23-7-3-8-24-9-4-11-28(30(23)24)39-16-13-26-27(21-39)34-32(41-22-25-10-6-15-36(25)2)35-31(26)38-19-17-37(18-20-38)29(40)12-5-14-33/h3-5,7-9,11-12,25H,6,10,13,15-22H2,1-2H3/b12-5+/t25-/m0/s1. The van der Waals surface area contributed by atoms with E-state index >= 15 is 0 Å². The molecule has 2 aromatic carbocycles. The summed E-state index contributed by atoms with van der Waals surface area (Å²) in [6, 6.07) is 15.7. The first-order valence-electron chi connectivity index (χ1n) is 14.6. The van der Waals surface area contributed by atoms with Crippen molar-refractivity contribution in [1.29, 1.82) is 5.26 Å². The van der Waals surface area contributed by atoms with Gasteiger partial charge in [-0.3, -0.25) is 4.79 Å². The van der Waals surface area contributed by atoms with Crippen molar-refractivity contribution >= 4 is 28.2 Å². The number of likely N-dealkylation sites (tertiary alicyclic amines) is 1. The summed E-state index contributed by atoms with van der Waals surface area (Å²) in [5.74, 6) is 0.805. The average Bonchev–Trinajstić information content (AvgIpc) is 3.42. The maximum absolute atomic E-state index is 12.4. The zero-order chi connectivity index (χ0) is 28.3. The van der Waals surface area contributed by atoms with E-state index in [-0.39, 0.29) is 5.91 Å². The van der Waals surface area contributed by atoms with Crippen molar-refractivity contribution in [2.45, 2.75) is 38.8 Å². The number of fused-ring (bicyclic) bond motifs is 2. The maximum atomic E-state index is 12.4. The lowest BCUT2D eigenvalue weighted by Gasteiger charge is -2.38. The fraction of sp³-hybridized carbons (Fsp3) is 0.438. The van der Waals surface area contributed by atoms with E-state index in [1.54, 1.807) is 4.90 Å². The molecule has 2 saturated heterocycles. The first kappa shape index (κ1) is 27.0. The normalized spacial score (nSPS) is 19.5. The zero-order valence-electron chi connectivity index (χ0n) is 23.9. The van der Waals surface area contributed by atoms with Crippen molar-refractivity contribution < 1.29 is 9.53 Å². The molecule has 0 bridgehead atoms. The highest BCUT2D eigenvalue weighted by Gasteiger charge is 2.30. The van der Waals surface area contributed by atoms with Gasteiger partial charge in [0.05, 0.1) is 18.3 Å². The lowest BCUT2D eigenvalue weighted by atomic mass is 9.99. The minimum Gasteiger partial charge on any atom is -0.462 e. The highest BCUT2D eigenvalue weighted by Crippen LogP contribution is 2.35. The molecule has 0 radical (unpaired) electrons. The molecular formula is C32H37N7O2. The Morgan fingerprint density at radius 2 is 1.88 bits per heavy atom. The average molecular weight is 552 g/mol. The summed E-state index contributed by atoms with van der Waals surface area (Å²) in [4.78, 5) is 31.2. The van der Waals surface area contributed by atoms with Crippen molar-refractivity contribution in [3.05, 3.63) is 65.4 Å². The van der Waals surface area contributed by atoms with Crippen LogP contribution in [0.5, 0.6) is 6.01 Å². The zero-order valence-corrected chi connectivity index (χ0v) is 23.9. The van der Waals surface area contributed by atoms with Gasteiger partial charge < -0.3 is 24.3 Å². The highest BCUT2D eigenvalue weighted by atomic mass is 16.5. The van der Waals surface area contributed by atoms with Crippen LogP contribution in [0.15, 0.2) is 48.6 Å². The number of allylic oxidation sites excluding steroid dienone is 1. The van der Waals surface area contributed by atoms with E-state index in [9.17, 15) is 4.79 Å². The summed E-state index contributed by atoms with van der Waals surface area (Å²) in [6.07, 6.45) is 5.73. The number of carbonyl (C=O) groups excluding carboxylic acids is 1. The molecule has 1 atom stereocenters. The summed E-state index contributed by atoms with van der Waals surface area (Å²) in [6.45, 7) is 7.92. The molecule has 6 rings (SSSR count). The van der Waals surface area contributed by atoms with Crippen LogP contribution in [0.2, 0.25) is 0 Å². The van der Waals surface area contributed by atoms with Crippen molar-refractivity contribution in [1.82, 2.24) is 19.8 Å². The lowest BCUT2D eigenvalue weighted by Crippen LogP contribution is -2.49. The molecule has 3 aromatic rings. The lowest BCUT2D eigenvalue weighted by molar-refractivity contribution is -0.126. The summed E-state index contributed by atoms with van der Waals surface area (Å²) in [7, 11) is 2.15. The Morgan fingerprint density at radius 1 is 1.07 bits per heavy atom. The minimum atomic E-state index is -0.123. The number of ether oxygens (including phenoxy) is 1. The Hall–Kier alpha value is -4.16. The molecule has 0 saturated carbocycles. The van der Waals surface area contributed by atoms with E-state index in [1.807, 2.05) is 6.07 Å². The number of nitriles is 1. The first-order chi connectivity index (χ1) is 20.0. The summed E-state index contributed by atoms with van der Waals surface area (Å²) in [5.41, 5.74) is 4.69. The molecule has 9 heteroatoms. The van der Waals surface area contributed by atoms with Gasteiger partial charge in [-0.05, 0) is 56.8 Å². The second kappa shape index (κ2) is 11.8. The second-order valence-electron chi connectivity index (χ2n) is 11.2. The fourth-order valence-corrected chi connectivity index (χ4v) is 6.40. The molecule has 0 unspecified atom stereocenters. The summed E-state index contributed by atoms with van der Waals surface area (Å²) in [5, 5.41) is 11.3. The Labute approximate surface area is 241 Å². The van der Waals surface area contributed by atoms with Crippen LogP contribution in [0.1, 0.15) is 29.7 Å². The van der Waals surface area contributed by atoms with Crippen LogP contribution in [-0.2, 0) is 17.8 Å². The van der Waals surface area contributed by atoms with Gasteiger partial charge in [-0.2, -0.15) is 15.2 Å². The van der Waals surface area contributed by atoms with Crippen molar-refractivity contribution in [3.63, 3.8) is 0 Å². The van der Waals surface area contributed by atoms with E-state index in [0.29, 0.717) is 51.4 Å². The van der Waals surface area contributed by atoms with Crippen LogP contribution in [-0.4, -0.2) is 84.6 Å². The molecular weight excluding hydrogens is 514 g/mol. The fourth-order valence-electron chi connectivity index (χ4n) is 6.40. The molecule has 212 valence electrons. The van der Waals surface area contributed by atoms with E-state index in [4.69, 9.17) is 20.0 Å². The van der Waals surface area contributed by atoms with Gasteiger partial charge in [-0.1, -0.05) is 30.3 Å². The van der Waals surface area contributed by atoms with Gasteiger partial charge in [-0.25, -0.2) is 0 Å². The predicted octanol–water partition coefficient (Wildman–Crippen LogP) is 3.70. The van der Waals surface area contributed by atoms with Crippen LogP contribution in [0, 0.1) is 18.3 Å². The van der Waals surface area contributed by atoms with Crippen LogP contribution < -0.4 is 14.5 Å². The molecule has 0 N–H and O–H groups in total. The quantitative estimate of drug-likeness (QED) is 0.339. The number of rotatable bonds is 6. The molecule has 9 nitrogen and oxygen atoms in total. The molecule has 1 aromatic heterocycles. The summed E-state index contributed by atoms with van der Waals surface area (Å²) < 4.78 is 6.28. The van der Waals surface area contributed by atoms with Gasteiger partial charge >= 0.3 is 6.01 Å². The molecule has 0 spiro atoms. The molecule has 0 aliphatic carbocycles. The number of aryl methyl sites for hydroxylation is 1. The smallest absolute Gasteiger partial charge is 0.318 e. The van der Waals surface area contributed by atoms with E-state index in [2.05, 4.69) is 65.1 Å². The van der Waals surface area contributed by atoms with Gasteiger partial charge in [0.25, 0.3) is 0 Å². The monoisotopic (exact) mass is 551 g/mol. The predicted molar refractivity (Wildman–Crippen MR) is 160 cm³/mol. The molecule has 3 aliphatic rings. The van der Waals surface area contributed by atoms with Crippen LogP contribution in [0.4, 0.5) is 11.5 Å². The van der Waals surface area contributed by atoms with Crippen LogP contribution >= 0.6 is 0 Å². The van der Waals surface area contributed by atoms with Gasteiger partial charge in [0.2, 0.25) is 5.91 Å².